The summed E-state index contributed by atoms with van der Waals surface area (Å²) in [6.45, 7) is 4.93. The molecule has 1 aromatic rings. The second kappa shape index (κ2) is 11.2. The van der Waals surface area contributed by atoms with Gasteiger partial charge in [0.05, 0.1) is 6.61 Å². The van der Waals surface area contributed by atoms with Crippen LogP contribution in [0.25, 0.3) is 0 Å². The Hall–Kier alpha value is -1.71. The molecule has 1 unspecified atom stereocenters. The van der Waals surface area contributed by atoms with Gasteiger partial charge >= 0.3 is 5.97 Å². The fourth-order valence-electron chi connectivity index (χ4n) is 3.70. The van der Waals surface area contributed by atoms with Gasteiger partial charge in [-0.1, -0.05) is 45.4 Å². The van der Waals surface area contributed by atoms with Crippen LogP contribution in [0.15, 0.2) is 18.2 Å². The number of aliphatic carboxylic acids is 1. The van der Waals surface area contributed by atoms with Crippen molar-refractivity contribution in [1.82, 2.24) is 0 Å². The summed E-state index contributed by atoms with van der Waals surface area (Å²) in [6.07, 6.45) is 13.1. The van der Waals surface area contributed by atoms with E-state index in [2.05, 4.69) is 13.8 Å². The molecular formula is C23H36O4. The smallest absolute Gasteiger partial charge is 0.303 e. The molecular weight excluding hydrogens is 340 g/mol. The highest BCUT2D eigenvalue weighted by Crippen LogP contribution is 2.37. The molecule has 1 heterocycles. The number of carboxylic acid groups (broad SMARTS) is 1. The van der Waals surface area contributed by atoms with Crippen molar-refractivity contribution in [3.63, 3.8) is 0 Å². The fraction of sp³-hybridized carbons (Fsp3) is 0.696. The summed E-state index contributed by atoms with van der Waals surface area (Å²) < 4.78 is 12.0. The maximum Gasteiger partial charge on any atom is 0.303 e. The zero-order chi connectivity index (χ0) is 19.5. The van der Waals surface area contributed by atoms with Gasteiger partial charge in [0, 0.05) is 6.42 Å². The van der Waals surface area contributed by atoms with Crippen LogP contribution in [0.3, 0.4) is 0 Å². The molecule has 0 bridgehead atoms. The highest BCUT2D eigenvalue weighted by atomic mass is 16.5. The van der Waals surface area contributed by atoms with Crippen molar-refractivity contribution >= 4 is 5.97 Å². The molecule has 0 fully saturated rings. The van der Waals surface area contributed by atoms with E-state index in [0.29, 0.717) is 13.0 Å². The second-order valence-corrected chi connectivity index (χ2v) is 8.04. The number of aryl methyl sites for hydroxylation is 1. The van der Waals surface area contributed by atoms with E-state index in [1.54, 1.807) is 0 Å². The summed E-state index contributed by atoms with van der Waals surface area (Å²) in [7, 11) is 0. The molecule has 0 spiro atoms. The molecule has 1 aliphatic heterocycles. The van der Waals surface area contributed by atoms with Gasteiger partial charge in [0.25, 0.3) is 0 Å². The number of hydrogen-bond acceptors (Lipinski definition) is 3. The molecule has 1 aliphatic rings. The van der Waals surface area contributed by atoms with Gasteiger partial charge in [-0.3, -0.25) is 4.79 Å². The standard InChI is InChI=1S/C23H36O4/c1-3-4-5-6-7-8-9-15-23(2)16-14-19-18-20(12-13-21(19)27-23)26-17-10-11-22(24)25/h12-13,18H,3-11,14-17H2,1-2H3,(H,24,25). The second-order valence-electron chi connectivity index (χ2n) is 8.04. The number of carbonyl (C=O) groups is 1. The molecule has 0 saturated heterocycles. The maximum atomic E-state index is 10.5. The van der Waals surface area contributed by atoms with Crippen LogP contribution in [0, 0.1) is 0 Å². The lowest BCUT2D eigenvalue weighted by Gasteiger charge is -2.36. The van der Waals surface area contributed by atoms with Gasteiger partial charge in [0.1, 0.15) is 17.1 Å². The summed E-state index contributed by atoms with van der Waals surface area (Å²) in [6, 6.07) is 5.98. The summed E-state index contributed by atoms with van der Waals surface area (Å²) in [4.78, 5) is 10.5. The molecule has 0 saturated carbocycles. The van der Waals surface area contributed by atoms with Gasteiger partial charge in [0.15, 0.2) is 0 Å². The van der Waals surface area contributed by atoms with Crippen molar-refractivity contribution in [3.05, 3.63) is 23.8 Å². The number of ether oxygens (including phenoxy) is 2. The van der Waals surface area contributed by atoms with Crippen molar-refractivity contribution in [2.45, 2.75) is 96.5 Å². The Kier molecular flexibility index (Phi) is 8.96. The van der Waals surface area contributed by atoms with Crippen LogP contribution in [0.1, 0.15) is 90.0 Å². The van der Waals surface area contributed by atoms with Crippen LogP contribution < -0.4 is 9.47 Å². The van der Waals surface area contributed by atoms with E-state index in [4.69, 9.17) is 14.6 Å². The lowest BCUT2D eigenvalue weighted by molar-refractivity contribution is -0.137. The summed E-state index contributed by atoms with van der Waals surface area (Å²) >= 11 is 0. The first-order chi connectivity index (χ1) is 13.0. The first kappa shape index (κ1) is 21.6. The zero-order valence-electron chi connectivity index (χ0n) is 17.1. The van der Waals surface area contributed by atoms with Crippen LogP contribution in [0.4, 0.5) is 0 Å². The average Bonchev–Trinajstić information content (AvgIpc) is 2.64. The molecule has 0 amide bonds. The van der Waals surface area contributed by atoms with Crippen molar-refractivity contribution in [1.29, 1.82) is 0 Å². The van der Waals surface area contributed by atoms with E-state index in [1.165, 1.54) is 50.5 Å². The Morgan fingerprint density at radius 3 is 2.63 bits per heavy atom. The first-order valence-electron chi connectivity index (χ1n) is 10.7. The van der Waals surface area contributed by atoms with Crippen LogP contribution in [-0.4, -0.2) is 23.3 Å². The van der Waals surface area contributed by atoms with Crippen LogP contribution >= 0.6 is 0 Å². The number of rotatable bonds is 13. The Labute approximate surface area is 164 Å². The number of hydrogen-bond donors (Lipinski definition) is 1. The minimum Gasteiger partial charge on any atom is -0.494 e. The number of carboxylic acids is 1. The topological polar surface area (TPSA) is 55.8 Å². The molecule has 4 heteroatoms. The average molecular weight is 377 g/mol. The summed E-state index contributed by atoms with van der Waals surface area (Å²) in [5.41, 5.74) is 1.14. The van der Waals surface area contributed by atoms with Gasteiger partial charge in [0.2, 0.25) is 0 Å². The summed E-state index contributed by atoms with van der Waals surface area (Å²) in [5.74, 6) is 1.00. The highest BCUT2D eigenvalue weighted by Gasteiger charge is 2.31. The Balaban J connectivity index is 1.74. The third-order valence-electron chi connectivity index (χ3n) is 5.42. The Bertz CT molecular complexity index is 584. The monoisotopic (exact) mass is 376 g/mol. The Morgan fingerprint density at radius 1 is 1.15 bits per heavy atom. The molecule has 152 valence electrons. The lowest BCUT2D eigenvalue weighted by Crippen LogP contribution is -2.36. The van der Waals surface area contributed by atoms with Gasteiger partial charge < -0.3 is 14.6 Å². The van der Waals surface area contributed by atoms with E-state index in [9.17, 15) is 4.79 Å². The van der Waals surface area contributed by atoms with Gasteiger partial charge in [-0.15, -0.1) is 0 Å². The van der Waals surface area contributed by atoms with Crippen LogP contribution in [0.2, 0.25) is 0 Å². The number of benzene rings is 1. The Morgan fingerprint density at radius 2 is 1.89 bits per heavy atom. The molecule has 1 aromatic carbocycles. The molecule has 0 aliphatic carbocycles. The normalized spacial score (nSPS) is 18.6. The molecule has 2 rings (SSSR count). The highest BCUT2D eigenvalue weighted by molar-refractivity contribution is 5.66. The van der Waals surface area contributed by atoms with E-state index < -0.39 is 5.97 Å². The molecule has 4 nitrogen and oxygen atoms in total. The largest absolute Gasteiger partial charge is 0.494 e. The van der Waals surface area contributed by atoms with Gasteiger partial charge in [-0.2, -0.15) is 0 Å². The van der Waals surface area contributed by atoms with Crippen molar-refractivity contribution < 1.29 is 19.4 Å². The predicted molar refractivity (Wildman–Crippen MR) is 109 cm³/mol. The molecule has 27 heavy (non-hydrogen) atoms. The number of unbranched alkanes of at least 4 members (excludes halogenated alkanes) is 6. The van der Waals surface area contributed by atoms with Gasteiger partial charge in [-0.05, 0) is 62.8 Å². The van der Waals surface area contributed by atoms with Crippen LogP contribution in [-0.2, 0) is 11.2 Å². The van der Waals surface area contributed by atoms with Crippen molar-refractivity contribution in [3.8, 4) is 11.5 Å². The SMILES string of the molecule is CCCCCCCCCC1(C)CCc2cc(OCCCC(=O)O)ccc2O1. The molecule has 1 N–H and O–H groups in total. The third kappa shape index (κ3) is 7.82. The maximum absolute atomic E-state index is 10.5. The first-order valence-corrected chi connectivity index (χ1v) is 10.7. The van der Waals surface area contributed by atoms with Gasteiger partial charge in [-0.25, -0.2) is 0 Å². The molecule has 0 radical (unpaired) electrons. The third-order valence-corrected chi connectivity index (χ3v) is 5.42. The quantitative estimate of drug-likeness (QED) is 0.419. The van der Waals surface area contributed by atoms with E-state index in [0.717, 1.165) is 30.8 Å². The van der Waals surface area contributed by atoms with E-state index >= 15 is 0 Å². The zero-order valence-corrected chi connectivity index (χ0v) is 17.1. The predicted octanol–water partition coefficient (Wildman–Crippen LogP) is 6.15. The minimum absolute atomic E-state index is 0.0553. The molecule has 0 aromatic heterocycles. The number of fused-ring (bicyclic) bond motifs is 1. The molecule has 1 atom stereocenters. The van der Waals surface area contributed by atoms with Crippen LogP contribution in [0.5, 0.6) is 11.5 Å². The van der Waals surface area contributed by atoms with E-state index in [-0.39, 0.29) is 12.0 Å². The van der Waals surface area contributed by atoms with E-state index in [1.807, 2.05) is 18.2 Å². The van der Waals surface area contributed by atoms with Crippen molar-refractivity contribution in [2.24, 2.45) is 0 Å². The minimum atomic E-state index is -0.780. The summed E-state index contributed by atoms with van der Waals surface area (Å²) in [5, 5.41) is 8.67. The lowest BCUT2D eigenvalue weighted by atomic mass is 9.88. The van der Waals surface area contributed by atoms with Crippen molar-refractivity contribution in [2.75, 3.05) is 6.61 Å². The fourth-order valence-corrected chi connectivity index (χ4v) is 3.70.